The molecule has 0 spiro atoms. The van der Waals surface area contributed by atoms with Gasteiger partial charge in [0.25, 0.3) is 5.91 Å². The van der Waals surface area contributed by atoms with Gasteiger partial charge in [0.05, 0.1) is 30.4 Å². The van der Waals surface area contributed by atoms with Crippen LogP contribution < -0.4 is 21.8 Å². The van der Waals surface area contributed by atoms with E-state index in [4.69, 9.17) is 5.73 Å². The quantitative estimate of drug-likeness (QED) is 0.449. The van der Waals surface area contributed by atoms with E-state index in [1.54, 1.807) is 29.3 Å². The lowest BCUT2D eigenvalue weighted by Crippen LogP contribution is -2.58. The number of hydrogen-bond donors (Lipinski definition) is 4. The Morgan fingerprint density at radius 1 is 1.31 bits per heavy atom. The molecule has 2 unspecified atom stereocenters. The van der Waals surface area contributed by atoms with Crippen LogP contribution in [0.15, 0.2) is 30.0 Å². The largest absolute Gasteiger partial charge is 0.361 e. The van der Waals surface area contributed by atoms with Gasteiger partial charge >= 0.3 is 11.8 Å². The first-order chi connectivity index (χ1) is 15.3. The second kappa shape index (κ2) is 8.32. The molecule has 3 aliphatic rings. The number of primary amides is 1. The topological polar surface area (TPSA) is 161 Å². The van der Waals surface area contributed by atoms with Crippen LogP contribution in [0.2, 0.25) is 0 Å². The maximum absolute atomic E-state index is 13.0. The molecule has 1 aliphatic carbocycles. The third kappa shape index (κ3) is 4.13. The third-order valence-corrected chi connectivity index (χ3v) is 5.67. The minimum absolute atomic E-state index is 0.000542. The number of piperazine rings is 1. The zero-order valence-corrected chi connectivity index (χ0v) is 17.4. The van der Waals surface area contributed by atoms with E-state index in [1.165, 1.54) is 4.90 Å². The number of fused-ring (bicyclic) bond motifs is 1. The van der Waals surface area contributed by atoms with Crippen LogP contribution in [0.1, 0.15) is 36.9 Å². The molecule has 0 radical (unpaired) electrons. The van der Waals surface area contributed by atoms with E-state index in [-0.39, 0.29) is 30.4 Å². The molecule has 4 amide bonds. The van der Waals surface area contributed by atoms with Gasteiger partial charge in [0, 0.05) is 18.2 Å². The zero-order valence-electron chi connectivity index (χ0n) is 17.4. The van der Waals surface area contributed by atoms with Crippen molar-refractivity contribution in [2.24, 2.45) is 11.7 Å². The lowest BCUT2D eigenvalue weighted by Gasteiger charge is -2.39. The zero-order chi connectivity index (χ0) is 23.0. The van der Waals surface area contributed by atoms with Gasteiger partial charge in [-0.05, 0) is 43.5 Å². The highest BCUT2D eigenvalue weighted by Crippen LogP contribution is 2.35. The monoisotopic (exact) mass is 437 g/mol. The van der Waals surface area contributed by atoms with Gasteiger partial charge < -0.3 is 21.3 Å². The highest BCUT2D eigenvalue weighted by atomic mass is 16.2. The highest BCUT2D eigenvalue weighted by molar-refractivity contribution is 6.34. The summed E-state index contributed by atoms with van der Waals surface area (Å²) in [5, 5.41) is 16.3. The Balaban J connectivity index is 1.57. The smallest absolute Gasteiger partial charge is 0.310 e. The molecular formula is C21H23N7O4. The van der Waals surface area contributed by atoms with Crippen LogP contribution in [0.4, 0.5) is 5.69 Å². The van der Waals surface area contributed by atoms with Gasteiger partial charge in [0.2, 0.25) is 5.91 Å². The fraction of sp³-hybridized carbons (Fsp3) is 0.381. The standard InChI is InChI=1S/C21H23N7O4/c1-11-9-27(10-24-20(31)18(23)29)21(32)17-7-16(26-28(11)17)14-5-2-12(8-22)6-15(14)25-19(30)13-3-4-13/h2,5-7,11,13,16,26H,3-4,9-10H2,1H3,(H2,23,29)(H,24,31)(H,25,30). The first-order valence-electron chi connectivity index (χ1n) is 10.3. The van der Waals surface area contributed by atoms with E-state index in [2.05, 4.69) is 22.1 Å². The molecule has 1 saturated heterocycles. The fourth-order valence-electron chi connectivity index (χ4n) is 3.81. The van der Waals surface area contributed by atoms with E-state index in [0.29, 0.717) is 23.5 Å². The minimum Gasteiger partial charge on any atom is -0.361 e. The van der Waals surface area contributed by atoms with E-state index in [9.17, 15) is 24.4 Å². The number of nitrogens with zero attached hydrogens (tertiary/aromatic N) is 3. The van der Waals surface area contributed by atoms with Crippen LogP contribution in [0.25, 0.3) is 0 Å². The number of hydrazine groups is 1. The number of nitrogens with two attached hydrogens (primary N) is 1. The van der Waals surface area contributed by atoms with Crippen LogP contribution in [0.3, 0.4) is 0 Å². The number of amides is 4. The lowest BCUT2D eigenvalue weighted by molar-refractivity contribution is -0.140. The molecule has 2 heterocycles. The molecule has 32 heavy (non-hydrogen) atoms. The molecule has 11 heteroatoms. The van der Waals surface area contributed by atoms with Crippen LogP contribution in [0.5, 0.6) is 0 Å². The van der Waals surface area contributed by atoms with Crippen LogP contribution >= 0.6 is 0 Å². The fourth-order valence-corrected chi connectivity index (χ4v) is 3.81. The maximum atomic E-state index is 13.0. The highest BCUT2D eigenvalue weighted by Gasteiger charge is 2.40. The Morgan fingerprint density at radius 3 is 2.72 bits per heavy atom. The van der Waals surface area contributed by atoms with Crippen LogP contribution in [0, 0.1) is 17.2 Å². The number of benzene rings is 1. The molecule has 1 aromatic carbocycles. The summed E-state index contributed by atoms with van der Waals surface area (Å²) in [4.78, 5) is 49.1. The summed E-state index contributed by atoms with van der Waals surface area (Å²) >= 11 is 0. The van der Waals surface area contributed by atoms with Gasteiger partial charge in [-0.25, -0.2) is 5.43 Å². The predicted molar refractivity (Wildman–Crippen MR) is 112 cm³/mol. The van der Waals surface area contributed by atoms with Crippen molar-refractivity contribution in [3.8, 4) is 6.07 Å². The summed E-state index contributed by atoms with van der Waals surface area (Å²) in [5.74, 6) is -2.48. The maximum Gasteiger partial charge on any atom is 0.310 e. The first-order valence-corrected chi connectivity index (χ1v) is 10.3. The van der Waals surface area contributed by atoms with Crippen molar-refractivity contribution in [3.05, 3.63) is 41.1 Å². The molecule has 2 fully saturated rings. The summed E-state index contributed by atoms with van der Waals surface area (Å²) in [6.07, 6.45) is 3.45. The molecule has 11 nitrogen and oxygen atoms in total. The van der Waals surface area contributed by atoms with Crippen molar-refractivity contribution in [2.75, 3.05) is 18.5 Å². The molecule has 166 valence electrons. The van der Waals surface area contributed by atoms with E-state index >= 15 is 0 Å². The molecule has 0 aromatic heterocycles. The average Bonchev–Trinajstić information content (AvgIpc) is 3.53. The molecule has 4 rings (SSSR count). The Hall–Kier alpha value is -3.91. The number of nitrogens with one attached hydrogen (secondary N) is 3. The Labute approximate surface area is 184 Å². The molecule has 2 atom stereocenters. The normalized spacial score (nSPS) is 22.0. The van der Waals surface area contributed by atoms with Gasteiger partial charge in [-0.3, -0.25) is 24.2 Å². The molecule has 1 aromatic rings. The number of carbonyl (C=O) groups is 4. The second-order valence-electron chi connectivity index (χ2n) is 8.11. The molecule has 5 N–H and O–H groups in total. The van der Waals surface area contributed by atoms with E-state index in [1.807, 2.05) is 6.92 Å². The summed E-state index contributed by atoms with van der Waals surface area (Å²) < 4.78 is 0. The minimum atomic E-state index is -1.12. The molecule has 1 saturated carbocycles. The number of carbonyl (C=O) groups excluding carboxylic acids is 4. The van der Waals surface area contributed by atoms with Crippen LogP contribution in [-0.2, 0) is 19.2 Å². The van der Waals surface area contributed by atoms with Gasteiger partial charge in [0.1, 0.15) is 5.70 Å². The Kier molecular flexibility index (Phi) is 5.54. The predicted octanol–water partition coefficient (Wildman–Crippen LogP) is -0.558. The van der Waals surface area contributed by atoms with Crippen molar-refractivity contribution < 1.29 is 19.2 Å². The summed E-state index contributed by atoms with van der Waals surface area (Å²) in [7, 11) is 0. The SMILES string of the molecule is CC1CN(CNC(=O)C(N)=O)C(=O)C2=CC(c3ccc(C#N)cc3NC(=O)C3CC3)NN21. The first kappa shape index (κ1) is 21.3. The van der Waals surface area contributed by atoms with Crippen molar-refractivity contribution in [3.63, 3.8) is 0 Å². The average molecular weight is 437 g/mol. The number of anilines is 1. The van der Waals surface area contributed by atoms with Crippen molar-refractivity contribution in [1.29, 1.82) is 5.26 Å². The lowest BCUT2D eigenvalue weighted by atomic mass is 10.0. The molecule has 0 bridgehead atoms. The number of rotatable bonds is 5. The summed E-state index contributed by atoms with van der Waals surface area (Å²) in [5.41, 5.74) is 10.3. The van der Waals surface area contributed by atoms with Gasteiger partial charge in [0.15, 0.2) is 0 Å². The summed E-state index contributed by atoms with van der Waals surface area (Å²) in [6, 6.07) is 6.60. The Morgan fingerprint density at radius 2 is 2.06 bits per heavy atom. The van der Waals surface area contributed by atoms with Crippen molar-refractivity contribution in [1.82, 2.24) is 20.7 Å². The molecule has 2 aliphatic heterocycles. The van der Waals surface area contributed by atoms with Crippen molar-refractivity contribution >= 4 is 29.3 Å². The number of hydrogen-bond acceptors (Lipinski definition) is 7. The third-order valence-electron chi connectivity index (χ3n) is 5.67. The number of nitriles is 1. The summed E-state index contributed by atoms with van der Waals surface area (Å²) in [6.45, 7) is 2.08. The van der Waals surface area contributed by atoms with E-state index < -0.39 is 17.9 Å². The Bertz CT molecular complexity index is 1070. The second-order valence-corrected chi connectivity index (χ2v) is 8.11. The van der Waals surface area contributed by atoms with Gasteiger partial charge in [-0.2, -0.15) is 5.26 Å². The van der Waals surface area contributed by atoms with Crippen molar-refractivity contribution in [2.45, 2.75) is 31.8 Å². The van der Waals surface area contributed by atoms with E-state index in [0.717, 1.165) is 18.4 Å². The molecular weight excluding hydrogens is 414 g/mol. The van der Waals surface area contributed by atoms with Gasteiger partial charge in [-0.1, -0.05) is 6.07 Å². The van der Waals surface area contributed by atoms with Crippen LogP contribution in [-0.4, -0.2) is 52.8 Å². The van der Waals surface area contributed by atoms with Gasteiger partial charge in [-0.15, -0.1) is 0 Å².